The lowest BCUT2D eigenvalue weighted by molar-refractivity contribution is 0.0975. The van der Waals surface area contributed by atoms with Gasteiger partial charge in [0.05, 0.1) is 12.7 Å². The summed E-state index contributed by atoms with van der Waals surface area (Å²) in [5.74, 6) is 0.213. The number of hydrogen-bond acceptors (Lipinski definition) is 3. The third-order valence-corrected chi connectivity index (χ3v) is 3.76. The number of para-hydroxylation sites is 2. The first kappa shape index (κ1) is 17.0. The van der Waals surface area contributed by atoms with Crippen molar-refractivity contribution in [1.82, 2.24) is 5.32 Å². The maximum Gasteiger partial charge on any atom is 0.261 e. The molecule has 0 fully saturated rings. The Bertz CT molecular complexity index is 729. The van der Waals surface area contributed by atoms with Gasteiger partial charge in [-0.2, -0.15) is 0 Å². The Balaban J connectivity index is 2.13. The van der Waals surface area contributed by atoms with E-state index in [0.29, 0.717) is 11.3 Å². The minimum atomic E-state index is -0.299. The highest BCUT2D eigenvalue weighted by Gasteiger charge is 2.14. The second-order valence-corrected chi connectivity index (χ2v) is 5.48. The number of nitrogens with one attached hydrogen (secondary N) is 2. The van der Waals surface area contributed by atoms with Gasteiger partial charge in [0.1, 0.15) is 5.75 Å². The lowest BCUT2D eigenvalue weighted by Gasteiger charge is -2.15. The molecule has 4 nitrogen and oxygen atoms in total. The van der Waals surface area contributed by atoms with Crippen LogP contribution >= 0.6 is 12.2 Å². The molecule has 0 saturated carbocycles. The van der Waals surface area contributed by atoms with E-state index in [1.165, 1.54) is 7.11 Å². The van der Waals surface area contributed by atoms with Gasteiger partial charge < -0.3 is 10.1 Å². The zero-order valence-corrected chi connectivity index (χ0v) is 14.3. The Morgan fingerprint density at radius 3 is 2.61 bits per heavy atom. The molecule has 0 aromatic heterocycles. The van der Waals surface area contributed by atoms with Gasteiger partial charge in [0, 0.05) is 5.69 Å². The van der Waals surface area contributed by atoms with Crippen molar-refractivity contribution in [3.8, 4) is 5.75 Å². The SMILES string of the molecule is CCc1cccc(C)c1NC(=S)NC(=O)c1ccccc1OC. The van der Waals surface area contributed by atoms with Crippen LogP contribution in [0.4, 0.5) is 5.69 Å². The molecule has 0 bridgehead atoms. The maximum absolute atomic E-state index is 12.3. The van der Waals surface area contributed by atoms with E-state index in [1.54, 1.807) is 18.2 Å². The number of rotatable bonds is 4. The molecule has 0 aliphatic carbocycles. The summed E-state index contributed by atoms with van der Waals surface area (Å²) in [7, 11) is 1.53. The van der Waals surface area contributed by atoms with Crippen LogP contribution in [0.3, 0.4) is 0 Å². The number of methoxy groups -OCH3 is 1. The predicted octanol–water partition coefficient (Wildman–Crippen LogP) is 3.69. The lowest BCUT2D eigenvalue weighted by atomic mass is 10.1. The van der Waals surface area contributed by atoms with Gasteiger partial charge >= 0.3 is 0 Å². The van der Waals surface area contributed by atoms with Crippen molar-refractivity contribution in [2.75, 3.05) is 12.4 Å². The molecule has 2 rings (SSSR count). The predicted molar refractivity (Wildman–Crippen MR) is 97.2 cm³/mol. The fraction of sp³-hybridized carbons (Fsp3) is 0.222. The summed E-state index contributed by atoms with van der Waals surface area (Å²) in [6.45, 7) is 4.09. The van der Waals surface area contributed by atoms with Crippen LogP contribution in [0.25, 0.3) is 0 Å². The number of anilines is 1. The first-order valence-corrected chi connectivity index (χ1v) is 7.81. The maximum atomic E-state index is 12.3. The Labute approximate surface area is 141 Å². The first-order valence-electron chi connectivity index (χ1n) is 7.40. The van der Waals surface area contributed by atoms with E-state index in [-0.39, 0.29) is 11.0 Å². The molecule has 0 spiro atoms. The Kier molecular flexibility index (Phi) is 5.71. The molecule has 120 valence electrons. The first-order chi connectivity index (χ1) is 11.1. The normalized spacial score (nSPS) is 10.0. The lowest BCUT2D eigenvalue weighted by Crippen LogP contribution is -2.34. The topological polar surface area (TPSA) is 50.4 Å². The third kappa shape index (κ3) is 4.07. The molecule has 0 aliphatic rings. The number of benzene rings is 2. The van der Waals surface area contributed by atoms with Crippen LogP contribution < -0.4 is 15.4 Å². The monoisotopic (exact) mass is 328 g/mol. The number of carbonyl (C=O) groups is 1. The van der Waals surface area contributed by atoms with Crippen molar-refractivity contribution in [2.45, 2.75) is 20.3 Å². The van der Waals surface area contributed by atoms with E-state index in [0.717, 1.165) is 23.2 Å². The molecule has 23 heavy (non-hydrogen) atoms. The van der Waals surface area contributed by atoms with Crippen molar-refractivity contribution in [3.05, 3.63) is 59.2 Å². The average molecular weight is 328 g/mol. The summed E-state index contributed by atoms with van der Waals surface area (Å²) >= 11 is 5.28. The summed E-state index contributed by atoms with van der Waals surface area (Å²) in [5, 5.41) is 6.09. The molecule has 0 heterocycles. The van der Waals surface area contributed by atoms with Crippen molar-refractivity contribution >= 4 is 28.9 Å². The van der Waals surface area contributed by atoms with Crippen LogP contribution in [-0.4, -0.2) is 18.1 Å². The minimum absolute atomic E-state index is 0.268. The van der Waals surface area contributed by atoms with Gasteiger partial charge in [0.2, 0.25) is 0 Å². The van der Waals surface area contributed by atoms with Crippen LogP contribution in [-0.2, 0) is 6.42 Å². The molecule has 0 unspecified atom stereocenters. The highest BCUT2D eigenvalue weighted by Crippen LogP contribution is 2.21. The second-order valence-electron chi connectivity index (χ2n) is 5.07. The number of amides is 1. The molecule has 2 aromatic rings. The van der Waals surface area contributed by atoms with E-state index in [9.17, 15) is 4.79 Å². The highest BCUT2D eigenvalue weighted by atomic mass is 32.1. The fourth-order valence-electron chi connectivity index (χ4n) is 2.35. The number of aryl methyl sites for hydroxylation is 2. The van der Waals surface area contributed by atoms with Crippen molar-refractivity contribution in [2.24, 2.45) is 0 Å². The van der Waals surface area contributed by atoms with E-state index in [1.807, 2.05) is 31.2 Å². The molecule has 2 aromatic carbocycles. The zero-order chi connectivity index (χ0) is 16.8. The molecule has 2 N–H and O–H groups in total. The second kappa shape index (κ2) is 7.74. The summed E-state index contributed by atoms with van der Waals surface area (Å²) < 4.78 is 5.20. The number of ether oxygens (including phenoxy) is 1. The van der Waals surface area contributed by atoms with Crippen molar-refractivity contribution in [3.63, 3.8) is 0 Å². The third-order valence-electron chi connectivity index (χ3n) is 3.56. The Morgan fingerprint density at radius 2 is 1.91 bits per heavy atom. The highest BCUT2D eigenvalue weighted by molar-refractivity contribution is 7.80. The van der Waals surface area contributed by atoms with E-state index >= 15 is 0 Å². The number of carbonyl (C=O) groups excluding carboxylic acids is 1. The molecule has 0 saturated heterocycles. The number of hydrogen-bond donors (Lipinski definition) is 2. The Hall–Kier alpha value is -2.40. The van der Waals surface area contributed by atoms with Crippen LogP contribution in [0.5, 0.6) is 5.75 Å². The van der Waals surface area contributed by atoms with Gasteiger partial charge in [-0.15, -0.1) is 0 Å². The van der Waals surface area contributed by atoms with E-state index < -0.39 is 0 Å². The van der Waals surface area contributed by atoms with Crippen LogP contribution in [0.1, 0.15) is 28.4 Å². The smallest absolute Gasteiger partial charge is 0.261 e. The van der Waals surface area contributed by atoms with Crippen LogP contribution in [0.2, 0.25) is 0 Å². The molecule has 5 heteroatoms. The van der Waals surface area contributed by atoms with Crippen molar-refractivity contribution in [1.29, 1.82) is 0 Å². The van der Waals surface area contributed by atoms with Crippen LogP contribution in [0, 0.1) is 6.92 Å². The molecular formula is C18H20N2O2S. The van der Waals surface area contributed by atoms with Gasteiger partial charge in [-0.05, 0) is 48.8 Å². The van der Waals surface area contributed by atoms with Gasteiger partial charge in [-0.1, -0.05) is 37.3 Å². The van der Waals surface area contributed by atoms with E-state index in [2.05, 4.69) is 17.6 Å². The number of thiocarbonyl (C=S) groups is 1. The zero-order valence-electron chi connectivity index (χ0n) is 13.5. The fourth-order valence-corrected chi connectivity index (χ4v) is 2.54. The van der Waals surface area contributed by atoms with Gasteiger partial charge in [0.25, 0.3) is 5.91 Å². The summed E-state index contributed by atoms with van der Waals surface area (Å²) in [6, 6.07) is 13.1. The van der Waals surface area contributed by atoms with Gasteiger partial charge in [-0.3, -0.25) is 10.1 Å². The Morgan fingerprint density at radius 1 is 1.17 bits per heavy atom. The molecular weight excluding hydrogens is 308 g/mol. The molecule has 1 amide bonds. The average Bonchev–Trinajstić information content (AvgIpc) is 2.56. The summed E-state index contributed by atoms with van der Waals surface area (Å²) in [6.07, 6.45) is 0.882. The van der Waals surface area contributed by atoms with Crippen LogP contribution in [0.15, 0.2) is 42.5 Å². The summed E-state index contributed by atoms with van der Waals surface area (Å²) in [5.41, 5.74) is 3.62. The summed E-state index contributed by atoms with van der Waals surface area (Å²) in [4.78, 5) is 12.3. The largest absolute Gasteiger partial charge is 0.496 e. The molecule has 0 aliphatic heterocycles. The standard InChI is InChI=1S/C18H20N2O2S/c1-4-13-9-7-8-12(2)16(13)19-18(23)20-17(21)14-10-5-6-11-15(14)22-3/h5-11H,4H2,1-3H3,(H2,19,20,21,23). The van der Waals surface area contributed by atoms with Gasteiger partial charge in [-0.25, -0.2) is 0 Å². The molecule has 0 atom stereocenters. The minimum Gasteiger partial charge on any atom is -0.496 e. The van der Waals surface area contributed by atoms with Gasteiger partial charge in [0.15, 0.2) is 5.11 Å². The molecule has 0 radical (unpaired) electrons. The van der Waals surface area contributed by atoms with Crippen molar-refractivity contribution < 1.29 is 9.53 Å². The van der Waals surface area contributed by atoms with E-state index in [4.69, 9.17) is 17.0 Å². The quantitative estimate of drug-likeness (QED) is 0.841.